The quantitative estimate of drug-likeness (QED) is 0.499. The molecule has 0 aliphatic carbocycles. The van der Waals surface area contributed by atoms with Crippen LogP contribution in [0.1, 0.15) is 12.5 Å². The Bertz CT molecular complexity index is 965. The maximum absolute atomic E-state index is 12.5. The highest BCUT2D eigenvalue weighted by atomic mass is 19.4. The van der Waals surface area contributed by atoms with Gasteiger partial charge in [0, 0.05) is 0 Å². The van der Waals surface area contributed by atoms with Crippen LogP contribution in [-0.4, -0.2) is 32.4 Å². The van der Waals surface area contributed by atoms with E-state index in [9.17, 15) is 23.2 Å². The van der Waals surface area contributed by atoms with Gasteiger partial charge in [0.05, 0.1) is 19.4 Å². The highest BCUT2D eigenvalue weighted by molar-refractivity contribution is 6.10. The zero-order valence-electron chi connectivity index (χ0n) is 16.2. The van der Waals surface area contributed by atoms with Crippen LogP contribution in [0, 0.1) is 11.3 Å². The lowest BCUT2D eigenvalue weighted by atomic mass is 10.1. The van der Waals surface area contributed by atoms with Crippen LogP contribution in [0.2, 0.25) is 0 Å². The fourth-order valence-corrected chi connectivity index (χ4v) is 2.41. The van der Waals surface area contributed by atoms with Crippen LogP contribution < -0.4 is 19.5 Å². The highest BCUT2D eigenvalue weighted by Gasteiger charge is 2.29. The van der Waals surface area contributed by atoms with Crippen molar-refractivity contribution in [2.75, 3.05) is 25.6 Å². The molecule has 0 spiro atoms. The molecule has 0 unspecified atom stereocenters. The van der Waals surface area contributed by atoms with Gasteiger partial charge in [-0.2, -0.15) is 18.4 Å². The van der Waals surface area contributed by atoms with E-state index in [0.717, 1.165) is 0 Å². The van der Waals surface area contributed by atoms with Gasteiger partial charge in [0.15, 0.2) is 18.1 Å². The summed E-state index contributed by atoms with van der Waals surface area (Å²) in [6.07, 6.45) is -3.21. The van der Waals surface area contributed by atoms with E-state index in [1.165, 1.54) is 31.4 Å². The second kappa shape index (κ2) is 10.2. The Morgan fingerprint density at radius 1 is 1.13 bits per heavy atom. The number of nitrogens with one attached hydrogen (secondary N) is 1. The number of alkyl halides is 3. The molecule has 0 aliphatic rings. The van der Waals surface area contributed by atoms with Crippen molar-refractivity contribution in [3.05, 3.63) is 53.6 Å². The van der Waals surface area contributed by atoms with E-state index < -0.39 is 18.7 Å². The Kier molecular flexibility index (Phi) is 7.69. The third-order valence-corrected chi connectivity index (χ3v) is 3.69. The highest BCUT2D eigenvalue weighted by Crippen LogP contribution is 2.31. The standard InChI is InChI=1S/C21H19F3N2O4/c1-3-29-17-7-5-4-6-16(17)26-20(27)15(12-25)10-14-8-9-18(19(11-14)28-2)30-13-21(22,23)24/h4-11H,3,13H2,1-2H3,(H,26,27)/b15-10+. The third kappa shape index (κ3) is 6.44. The Morgan fingerprint density at radius 3 is 2.50 bits per heavy atom. The lowest BCUT2D eigenvalue weighted by Crippen LogP contribution is -2.19. The minimum absolute atomic E-state index is 0.0346. The third-order valence-electron chi connectivity index (χ3n) is 3.69. The number of hydrogen-bond acceptors (Lipinski definition) is 5. The summed E-state index contributed by atoms with van der Waals surface area (Å²) in [5.41, 5.74) is 0.558. The Labute approximate surface area is 171 Å². The van der Waals surface area contributed by atoms with E-state index in [1.54, 1.807) is 37.3 Å². The normalized spacial score (nSPS) is 11.4. The number of hydrogen-bond donors (Lipinski definition) is 1. The number of benzene rings is 2. The first kappa shape index (κ1) is 22.6. The number of anilines is 1. The number of methoxy groups -OCH3 is 1. The summed E-state index contributed by atoms with van der Waals surface area (Å²) < 4.78 is 52.3. The molecule has 158 valence electrons. The van der Waals surface area contributed by atoms with E-state index in [1.807, 2.05) is 0 Å². The summed E-state index contributed by atoms with van der Waals surface area (Å²) in [6, 6.07) is 12.6. The maximum Gasteiger partial charge on any atom is 0.422 e. The van der Waals surface area contributed by atoms with Crippen molar-refractivity contribution in [1.29, 1.82) is 5.26 Å². The van der Waals surface area contributed by atoms with Gasteiger partial charge in [0.1, 0.15) is 17.4 Å². The van der Waals surface area contributed by atoms with Gasteiger partial charge >= 0.3 is 6.18 Å². The number of halogens is 3. The smallest absolute Gasteiger partial charge is 0.422 e. The molecular weight excluding hydrogens is 401 g/mol. The molecule has 2 aromatic carbocycles. The molecule has 0 atom stereocenters. The zero-order valence-corrected chi connectivity index (χ0v) is 16.2. The first-order valence-corrected chi connectivity index (χ1v) is 8.80. The van der Waals surface area contributed by atoms with Crippen molar-refractivity contribution in [2.45, 2.75) is 13.1 Å². The summed E-state index contributed by atoms with van der Waals surface area (Å²) in [4.78, 5) is 12.5. The number of nitriles is 1. The van der Waals surface area contributed by atoms with Gasteiger partial charge in [0.25, 0.3) is 5.91 Å². The Balaban J connectivity index is 2.23. The van der Waals surface area contributed by atoms with Crippen molar-refractivity contribution in [1.82, 2.24) is 0 Å². The predicted molar refractivity (Wildman–Crippen MR) is 104 cm³/mol. The van der Waals surface area contributed by atoms with Crippen LogP contribution in [-0.2, 0) is 4.79 Å². The minimum atomic E-state index is -4.49. The topological polar surface area (TPSA) is 80.6 Å². The van der Waals surface area contributed by atoms with Crippen LogP contribution in [0.3, 0.4) is 0 Å². The van der Waals surface area contributed by atoms with Crippen molar-refractivity contribution in [3.63, 3.8) is 0 Å². The largest absolute Gasteiger partial charge is 0.493 e. The van der Waals surface area contributed by atoms with Gasteiger partial charge in [-0.1, -0.05) is 18.2 Å². The number of carbonyl (C=O) groups excluding carboxylic acids is 1. The van der Waals surface area contributed by atoms with E-state index in [-0.39, 0.29) is 17.1 Å². The molecule has 0 saturated carbocycles. The van der Waals surface area contributed by atoms with E-state index in [0.29, 0.717) is 23.6 Å². The van der Waals surface area contributed by atoms with Crippen LogP contribution in [0.15, 0.2) is 48.0 Å². The predicted octanol–water partition coefficient (Wildman–Crippen LogP) is 4.58. The average molecular weight is 420 g/mol. The maximum atomic E-state index is 12.5. The number of amides is 1. The molecule has 30 heavy (non-hydrogen) atoms. The van der Waals surface area contributed by atoms with Gasteiger partial charge < -0.3 is 19.5 Å². The lowest BCUT2D eigenvalue weighted by molar-refractivity contribution is -0.153. The van der Waals surface area contributed by atoms with E-state index in [4.69, 9.17) is 14.2 Å². The van der Waals surface area contributed by atoms with Crippen LogP contribution in [0.5, 0.6) is 17.2 Å². The fraction of sp³-hybridized carbons (Fsp3) is 0.238. The molecule has 1 N–H and O–H groups in total. The van der Waals surface area contributed by atoms with Gasteiger partial charge in [-0.3, -0.25) is 4.79 Å². The molecule has 0 bridgehead atoms. The summed E-state index contributed by atoms with van der Waals surface area (Å²) >= 11 is 0. The zero-order chi connectivity index (χ0) is 22.1. The number of para-hydroxylation sites is 2. The summed E-state index contributed by atoms with van der Waals surface area (Å²) in [7, 11) is 1.27. The molecule has 0 heterocycles. The van der Waals surface area contributed by atoms with Crippen molar-refractivity contribution in [3.8, 4) is 23.3 Å². The van der Waals surface area contributed by atoms with Crippen LogP contribution in [0.25, 0.3) is 6.08 Å². The van der Waals surface area contributed by atoms with Gasteiger partial charge in [0.2, 0.25) is 0 Å². The first-order chi connectivity index (χ1) is 14.3. The van der Waals surface area contributed by atoms with Crippen LogP contribution in [0.4, 0.5) is 18.9 Å². The first-order valence-electron chi connectivity index (χ1n) is 8.80. The van der Waals surface area contributed by atoms with Crippen molar-refractivity contribution < 1.29 is 32.2 Å². The molecule has 2 aromatic rings. The lowest BCUT2D eigenvalue weighted by Gasteiger charge is -2.13. The molecule has 0 fully saturated rings. The van der Waals surface area contributed by atoms with Gasteiger partial charge in [-0.05, 0) is 42.8 Å². The second-order valence-corrected chi connectivity index (χ2v) is 5.87. The summed E-state index contributed by atoms with van der Waals surface area (Å²) in [6.45, 7) is 0.731. The number of nitrogens with zero attached hydrogens (tertiary/aromatic N) is 1. The van der Waals surface area contributed by atoms with Crippen LogP contribution >= 0.6 is 0 Å². The molecule has 0 aromatic heterocycles. The monoisotopic (exact) mass is 420 g/mol. The SMILES string of the molecule is CCOc1ccccc1NC(=O)/C(C#N)=C/c1ccc(OCC(F)(F)F)c(OC)c1. The number of ether oxygens (including phenoxy) is 3. The van der Waals surface area contributed by atoms with Crippen molar-refractivity contribution in [2.24, 2.45) is 0 Å². The fourth-order valence-electron chi connectivity index (χ4n) is 2.41. The number of rotatable bonds is 8. The Morgan fingerprint density at radius 2 is 1.87 bits per heavy atom. The molecule has 0 radical (unpaired) electrons. The molecule has 6 nitrogen and oxygen atoms in total. The molecule has 0 aliphatic heterocycles. The molecular formula is C21H19F3N2O4. The minimum Gasteiger partial charge on any atom is -0.493 e. The summed E-state index contributed by atoms with van der Waals surface area (Å²) in [5.74, 6) is -0.285. The molecule has 9 heteroatoms. The van der Waals surface area contributed by atoms with E-state index in [2.05, 4.69) is 5.32 Å². The number of carbonyl (C=O) groups is 1. The second-order valence-electron chi connectivity index (χ2n) is 5.87. The summed E-state index contributed by atoms with van der Waals surface area (Å²) in [5, 5.41) is 12.0. The van der Waals surface area contributed by atoms with E-state index >= 15 is 0 Å². The average Bonchev–Trinajstić information content (AvgIpc) is 2.71. The van der Waals surface area contributed by atoms with Crippen molar-refractivity contribution >= 4 is 17.7 Å². The molecule has 1 amide bonds. The van der Waals surface area contributed by atoms with Gasteiger partial charge in [-0.15, -0.1) is 0 Å². The molecule has 2 rings (SSSR count). The molecule has 0 saturated heterocycles. The van der Waals surface area contributed by atoms with Gasteiger partial charge in [-0.25, -0.2) is 0 Å². The Hall–Kier alpha value is -3.67.